The number of aliphatic hydroxyl groups is 1. The van der Waals surface area contributed by atoms with Crippen LogP contribution in [0.2, 0.25) is 0 Å². The summed E-state index contributed by atoms with van der Waals surface area (Å²) in [4.78, 5) is 11.8. The number of carbonyl (C=O) groups excluding carboxylic acids is 1. The third-order valence-electron chi connectivity index (χ3n) is 4.13. The Kier molecular flexibility index (Phi) is 7.63. The monoisotopic (exact) mass is 315 g/mol. The van der Waals surface area contributed by atoms with Gasteiger partial charge in [-0.1, -0.05) is 13.3 Å². The SMILES string of the molecule is CCCCOCCC(CO)(CNC(=O)OC(C)(C)C)C1CC1. The van der Waals surface area contributed by atoms with E-state index in [1.54, 1.807) is 0 Å². The van der Waals surface area contributed by atoms with E-state index in [0.29, 0.717) is 19.1 Å². The molecule has 1 unspecified atom stereocenters. The highest BCUT2D eigenvalue weighted by Gasteiger charge is 2.44. The molecule has 1 aliphatic rings. The van der Waals surface area contributed by atoms with Gasteiger partial charge in [-0.25, -0.2) is 4.79 Å². The van der Waals surface area contributed by atoms with Crippen molar-refractivity contribution in [3.05, 3.63) is 0 Å². The van der Waals surface area contributed by atoms with Crippen LogP contribution in [-0.4, -0.2) is 43.2 Å². The highest BCUT2D eigenvalue weighted by atomic mass is 16.6. The van der Waals surface area contributed by atoms with Crippen molar-refractivity contribution in [2.75, 3.05) is 26.4 Å². The van der Waals surface area contributed by atoms with Crippen LogP contribution in [-0.2, 0) is 9.47 Å². The molecule has 0 bridgehead atoms. The Balaban J connectivity index is 2.44. The van der Waals surface area contributed by atoms with Crippen molar-refractivity contribution >= 4 is 6.09 Å². The lowest BCUT2D eigenvalue weighted by Gasteiger charge is -2.32. The van der Waals surface area contributed by atoms with Crippen molar-refractivity contribution in [1.29, 1.82) is 0 Å². The number of rotatable bonds is 10. The molecule has 2 N–H and O–H groups in total. The first-order valence-electron chi connectivity index (χ1n) is 8.48. The largest absolute Gasteiger partial charge is 0.444 e. The zero-order chi connectivity index (χ0) is 16.6. The number of ether oxygens (including phenoxy) is 2. The summed E-state index contributed by atoms with van der Waals surface area (Å²) in [7, 11) is 0. The van der Waals surface area contributed by atoms with Crippen LogP contribution in [0.3, 0.4) is 0 Å². The zero-order valence-electron chi connectivity index (χ0n) is 14.6. The number of unbranched alkanes of at least 4 members (excludes halogenated alkanes) is 1. The molecule has 1 aliphatic carbocycles. The first-order valence-corrected chi connectivity index (χ1v) is 8.48. The van der Waals surface area contributed by atoms with Crippen LogP contribution in [0.1, 0.15) is 59.8 Å². The fraction of sp³-hybridized carbons (Fsp3) is 0.941. The molecule has 0 aromatic carbocycles. The smallest absolute Gasteiger partial charge is 0.407 e. The molecule has 5 heteroatoms. The number of aliphatic hydroxyl groups excluding tert-OH is 1. The average molecular weight is 315 g/mol. The van der Waals surface area contributed by atoms with Gasteiger partial charge in [0.15, 0.2) is 0 Å². The van der Waals surface area contributed by atoms with Gasteiger partial charge in [-0.3, -0.25) is 0 Å². The van der Waals surface area contributed by atoms with E-state index in [4.69, 9.17) is 9.47 Å². The summed E-state index contributed by atoms with van der Waals surface area (Å²) in [5.74, 6) is 0.474. The number of amides is 1. The lowest BCUT2D eigenvalue weighted by molar-refractivity contribution is 0.0283. The van der Waals surface area contributed by atoms with Crippen LogP contribution in [0.4, 0.5) is 4.79 Å². The van der Waals surface area contributed by atoms with Gasteiger partial charge in [0, 0.05) is 25.2 Å². The molecule has 0 saturated heterocycles. The van der Waals surface area contributed by atoms with Crippen LogP contribution in [0.5, 0.6) is 0 Å². The van der Waals surface area contributed by atoms with E-state index >= 15 is 0 Å². The molecule has 1 amide bonds. The molecule has 130 valence electrons. The van der Waals surface area contributed by atoms with E-state index in [9.17, 15) is 9.90 Å². The minimum atomic E-state index is -0.505. The standard InChI is InChI=1S/C17H33NO4/c1-5-6-10-21-11-9-17(13-19,14-7-8-14)12-18-15(20)22-16(2,3)4/h14,19H,5-13H2,1-4H3,(H,18,20). The van der Waals surface area contributed by atoms with Crippen LogP contribution < -0.4 is 5.32 Å². The van der Waals surface area contributed by atoms with Gasteiger partial charge < -0.3 is 19.9 Å². The lowest BCUT2D eigenvalue weighted by Crippen LogP contribution is -2.44. The van der Waals surface area contributed by atoms with Crippen molar-refractivity contribution < 1.29 is 19.4 Å². The maximum atomic E-state index is 11.8. The fourth-order valence-electron chi connectivity index (χ4n) is 2.58. The van der Waals surface area contributed by atoms with E-state index in [0.717, 1.165) is 38.7 Å². The van der Waals surface area contributed by atoms with Crippen molar-refractivity contribution in [2.24, 2.45) is 11.3 Å². The molecule has 1 rings (SSSR count). The topological polar surface area (TPSA) is 67.8 Å². The number of hydrogen-bond acceptors (Lipinski definition) is 4. The fourth-order valence-corrected chi connectivity index (χ4v) is 2.58. The van der Waals surface area contributed by atoms with Gasteiger partial charge >= 0.3 is 6.09 Å². The Morgan fingerprint density at radius 1 is 1.27 bits per heavy atom. The van der Waals surface area contributed by atoms with Gasteiger partial charge in [0.05, 0.1) is 6.61 Å². The first kappa shape index (κ1) is 19.2. The molecule has 1 atom stereocenters. The quantitative estimate of drug-likeness (QED) is 0.608. The van der Waals surface area contributed by atoms with Crippen molar-refractivity contribution in [3.8, 4) is 0 Å². The second-order valence-corrected chi connectivity index (χ2v) is 7.37. The van der Waals surface area contributed by atoms with Crippen molar-refractivity contribution in [1.82, 2.24) is 5.32 Å². The van der Waals surface area contributed by atoms with E-state index in [2.05, 4.69) is 12.2 Å². The van der Waals surface area contributed by atoms with Gasteiger partial charge in [-0.05, 0) is 52.4 Å². The molecule has 0 radical (unpaired) electrons. The summed E-state index contributed by atoms with van der Waals surface area (Å²) < 4.78 is 10.9. The van der Waals surface area contributed by atoms with Gasteiger partial charge in [0.2, 0.25) is 0 Å². The molecule has 0 aliphatic heterocycles. The van der Waals surface area contributed by atoms with Gasteiger partial charge in [-0.2, -0.15) is 0 Å². The normalized spacial score (nSPS) is 17.9. The average Bonchev–Trinajstić information content (AvgIpc) is 3.25. The number of carbonyl (C=O) groups is 1. The Labute approximate surface area is 134 Å². The first-order chi connectivity index (χ1) is 10.3. The predicted octanol–water partition coefficient (Wildman–Crippen LogP) is 3.11. The van der Waals surface area contributed by atoms with Crippen molar-refractivity contribution in [2.45, 2.75) is 65.4 Å². The van der Waals surface area contributed by atoms with Crippen molar-refractivity contribution in [3.63, 3.8) is 0 Å². The number of nitrogens with one attached hydrogen (secondary N) is 1. The maximum Gasteiger partial charge on any atom is 0.407 e. The van der Waals surface area contributed by atoms with E-state index in [-0.39, 0.29) is 12.0 Å². The maximum absolute atomic E-state index is 11.8. The highest BCUT2D eigenvalue weighted by Crippen LogP contribution is 2.47. The van der Waals surface area contributed by atoms with Crippen LogP contribution in [0.25, 0.3) is 0 Å². The molecular weight excluding hydrogens is 282 g/mol. The second kappa shape index (κ2) is 8.73. The Bertz CT molecular complexity index is 336. The molecule has 1 saturated carbocycles. The van der Waals surface area contributed by atoms with Crippen LogP contribution in [0.15, 0.2) is 0 Å². The number of alkyl carbamates (subject to hydrolysis) is 1. The molecule has 1 fully saturated rings. The molecule has 22 heavy (non-hydrogen) atoms. The molecule has 0 aromatic rings. The molecule has 0 heterocycles. The van der Waals surface area contributed by atoms with Gasteiger partial charge in [0.25, 0.3) is 0 Å². The lowest BCUT2D eigenvalue weighted by atomic mass is 9.80. The predicted molar refractivity (Wildman–Crippen MR) is 86.8 cm³/mol. The minimum absolute atomic E-state index is 0.0740. The van der Waals surface area contributed by atoms with Gasteiger partial charge in [-0.15, -0.1) is 0 Å². The van der Waals surface area contributed by atoms with Gasteiger partial charge in [0.1, 0.15) is 5.60 Å². The van der Waals surface area contributed by atoms with Crippen LogP contribution >= 0.6 is 0 Å². The summed E-state index contributed by atoms with van der Waals surface area (Å²) in [5, 5.41) is 12.7. The summed E-state index contributed by atoms with van der Waals surface area (Å²) in [6, 6.07) is 0. The summed E-state index contributed by atoms with van der Waals surface area (Å²) >= 11 is 0. The minimum Gasteiger partial charge on any atom is -0.444 e. The molecular formula is C17H33NO4. The zero-order valence-corrected chi connectivity index (χ0v) is 14.6. The Hall–Kier alpha value is -0.810. The summed E-state index contributed by atoms with van der Waals surface area (Å²) in [6.07, 6.45) is 4.77. The van der Waals surface area contributed by atoms with E-state index in [1.807, 2.05) is 20.8 Å². The molecule has 0 spiro atoms. The molecule has 0 aromatic heterocycles. The summed E-state index contributed by atoms with van der Waals surface area (Å²) in [5.41, 5.74) is -0.780. The molecule has 5 nitrogen and oxygen atoms in total. The third kappa shape index (κ3) is 6.97. The van der Waals surface area contributed by atoms with E-state index < -0.39 is 11.7 Å². The third-order valence-corrected chi connectivity index (χ3v) is 4.13. The summed E-state index contributed by atoms with van der Waals surface area (Å²) in [6.45, 7) is 9.58. The second-order valence-electron chi connectivity index (χ2n) is 7.37. The number of hydrogen-bond donors (Lipinski definition) is 2. The Morgan fingerprint density at radius 2 is 1.95 bits per heavy atom. The van der Waals surface area contributed by atoms with E-state index in [1.165, 1.54) is 0 Å². The van der Waals surface area contributed by atoms with Crippen LogP contribution in [0, 0.1) is 11.3 Å². The Morgan fingerprint density at radius 3 is 2.45 bits per heavy atom. The highest BCUT2D eigenvalue weighted by molar-refractivity contribution is 5.67.